The number of esters is 2. The van der Waals surface area contributed by atoms with Gasteiger partial charge in [-0.25, -0.2) is 0 Å². The minimum atomic E-state index is -0.104. The summed E-state index contributed by atoms with van der Waals surface area (Å²) in [6, 6.07) is 0. The van der Waals surface area contributed by atoms with Gasteiger partial charge in [-0.15, -0.1) is 0 Å². The van der Waals surface area contributed by atoms with Gasteiger partial charge >= 0.3 is 11.9 Å². The zero-order chi connectivity index (χ0) is 25.7. The van der Waals surface area contributed by atoms with E-state index in [2.05, 4.69) is 13.8 Å². The normalized spacial score (nSPS) is 11.0. The number of hydrogen-bond acceptors (Lipinski definition) is 4. The molecule has 0 aromatic rings. The van der Waals surface area contributed by atoms with E-state index < -0.39 is 0 Å². The van der Waals surface area contributed by atoms with Crippen LogP contribution in [0.5, 0.6) is 0 Å². The van der Waals surface area contributed by atoms with Gasteiger partial charge in [-0.2, -0.15) is 0 Å². The molecule has 0 radical (unpaired) electrons. The van der Waals surface area contributed by atoms with Gasteiger partial charge in [0, 0.05) is 12.8 Å². The van der Waals surface area contributed by atoms with E-state index in [0.717, 1.165) is 44.9 Å². The second-order valence-corrected chi connectivity index (χ2v) is 10.4. The first-order valence-electron chi connectivity index (χ1n) is 15.5. The number of carbonyl (C=O) groups is 2. The topological polar surface area (TPSA) is 52.6 Å². The molecular weight excluding hydrogens is 436 g/mol. The van der Waals surface area contributed by atoms with Crippen LogP contribution in [0.3, 0.4) is 0 Å². The predicted molar refractivity (Wildman–Crippen MR) is 149 cm³/mol. The smallest absolute Gasteiger partial charge is 0.305 e. The summed E-state index contributed by atoms with van der Waals surface area (Å²) in [5, 5.41) is 0. The molecule has 0 aromatic heterocycles. The maximum Gasteiger partial charge on any atom is 0.305 e. The Balaban J connectivity index is 3.22. The van der Waals surface area contributed by atoms with Crippen LogP contribution in [-0.4, -0.2) is 25.2 Å². The summed E-state index contributed by atoms with van der Waals surface area (Å²) in [6.45, 7) is 5.55. The van der Waals surface area contributed by atoms with E-state index in [1.807, 2.05) is 0 Å². The van der Waals surface area contributed by atoms with Crippen molar-refractivity contribution in [1.82, 2.24) is 0 Å². The maximum atomic E-state index is 11.8. The molecule has 35 heavy (non-hydrogen) atoms. The Morgan fingerprint density at radius 3 is 0.971 bits per heavy atom. The fraction of sp³-hybridized carbons (Fsp3) is 0.935. The van der Waals surface area contributed by atoms with E-state index in [-0.39, 0.29) is 11.9 Å². The monoisotopic (exact) mass is 496 g/mol. The third-order valence-corrected chi connectivity index (χ3v) is 6.78. The van der Waals surface area contributed by atoms with Gasteiger partial charge < -0.3 is 9.47 Å². The van der Waals surface area contributed by atoms with Crippen LogP contribution in [0.4, 0.5) is 0 Å². The highest BCUT2D eigenvalue weighted by atomic mass is 16.5. The van der Waals surface area contributed by atoms with E-state index in [4.69, 9.17) is 9.47 Å². The van der Waals surface area contributed by atoms with Crippen LogP contribution in [-0.2, 0) is 19.1 Å². The molecule has 0 N–H and O–H groups in total. The Morgan fingerprint density at radius 2 is 0.629 bits per heavy atom. The van der Waals surface area contributed by atoms with Crippen LogP contribution in [0.2, 0.25) is 0 Å². The van der Waals surface area contributed by atoms with Crippen molar-refractivity contribution in [2.45, 2.75) is 174 Å². The number of ether oxygens (including phenoxy) is 2. The Morgan fingerprint density at radius 1 is 0.371 bits per heavy atom. The lowest BCUT2D eigenvalue weighted by atomic mass is 10.0. The quantitative estimate of drug-likeness (QED) is 0.0798. The second kappa shape index (κ2) is 29.2. The molecule has 0 aromatic carbocycles. The molecule has 0 atom stereocenters. The van der Waals surface area contributed by atoms with E-state index >= 15 is 0 Å². The summed E-state index contributed by atoms with van der Waals surface area (Å²) in [6.07, 6.45) is 29.4. The van der Waals surface area contributed by atoms with Crippen molar-refractivity contribution < 1.29 is 19.1 Å². The minimum absolute atomic E-state index is 0.0931. The lowest BCUT2D eigenvalue weighted by molar-refractivity contribution is -0.144. The van der Waals surface area contributed by atoms with Crippen molar-refractivity contribution in [2.75, 3.05) is 13.2 Å². The standard InChI is InChI=1S/C31H60O4/c1-3-5-7-9-10-11-12-13-14-15-16-17-18-19-20-25-29-35-31(33)27-23-21-22-26-30(32)34-28-24-8-6-4-2/h3-29H2,1-2H3. The molecule has 0 fully saturated rings. The van der Waals surface area contributed by atoms with Gasteiger partial charge in [0.1, 0.15) is 0 Å². The van der Waals surface area contributed by atoms with Gasteiger partial charge in [-0.1, -0.05) is 136 Å². The second-order valence-electron chi connectivity index (χ2n) is 10.4. The first-order chi connectivity index (χ1) is 17.2. The molecule has 4 nitrogen and oxygen atoms in total. The molecular formula is C31H60O4. The van der Waals surface area contributed by atoms with Gasteiger partial charge in [-0.3, -0.25) is 9.59 Å². The molecule has 208 valence electrons. The molecule has 0 amide bonds. The summed E-state index contributed by atoms with van der Waals surface area (Å²) in [4.78, 5) is 23.5. The van der Waals surface area contributed by atoms with Gasteiger partial charge in [0.2, 0.25) is 0 Å². The fourth-order valence-electron chi connectivity index (χ4n) is 4.41. The molecule has 0 bridgehead atoms. The van der Waals surface area contributed by atoms with Crippen molar-refractivity contribution in [3.8, 4) is 0 Å². The van der Waals surface area contributed by atoms with Crippen molar-refractivity contribution in [1.29, 1.82) is 0 Å². The van der Waals surface area contributed by atoms with Gasteiger partial charge in [0.25, 0.3) is 0 Å². The third-order valence-electron chi connectivity index (χ3n) is 6.78. The van der Waals surface area contributed by atoms with E-state index in [9.17, 15) is 9.59 Å². The van der Waals surface area contributed by atoms with Gasteiger partial charge in [0.05, 0.1) is 13.2 Å². The van der Waals surface area contributed by atoms with Crippen LogP contribution < -0.4 is 0 Å². The van der Waals surface area contributed by atoms with E-state index in [0.29, 0.717) is 26.1 Å². The van der Waals surface area contributed by atoms with Crippen molar-refractivity contribution in [3.05, 3.63) is 0 Å². The Labute approximate surface area is 218 Å². The van der Waals surface area contributed by atoms with Gasteiger partial charge in [0.15, 0.2) is 0 Å². The molecule has 0 aliphatic rings. The molecule has 0 saturated carbocycles. The lowest BCUT2D eigenvalue weighted by Gasteiger charge is -2.06. The molecule has 0 unspecified atom stereocenters. The summed E-state index contributed by atoms with van der Waals surface area (Å²) in [7, 11) is 0. The van der Waals surface area contributed by atoms with Crippen LogP contribution >= 0.6 is 0 Å². The number of carbonyl (C=O) groups excluding carboxylic acids is 2. The van der Waals surface area contributed by atoms with Crippen LogP contribution in [0.25, 0.3) is 0 Å². The summed E-state index contributed by atoms with van der Waals surface area (Å²) < 4.78 is 10.6. The zero-order valence-corrected chi connectivity index (χ0v) is 23.7. The third kappa shape index (κ3) is 29.1. The van der Waals surface area contributed by atoms with Gasteiger partial charge in [-0.05, 0) is 25.7 Å². The molecule has 0 aliphatic heterocycles. The highest BCUT2D eigenvalue weighted by molar-refractivity contribution is 5.69. The SMILES string of the molecule is CCCCCCCCCCCCCCCCCCOC(=O)CCCCCC(=O)OCCCCCC. The number of rotatable bonds is 28. The minimum Gasteiger partial charge on any atom is -0.466 e. The Bertz CT molecular complexity index is 449. The first kappa shape index (κ1) is 33.9. The van der Waals surface area contributed by atoms with Crippen LogP contribution in [0.15, 0.2) is 0 Å². The molecule has 0 rings (SSSR count). The highest BCUT2D eigenvalue weighted by Gasteiger charge is 2.05. The van der Waals surface area contributed by atoms with Crippen LogP contribution in [0, 0.1) is 0 Å². The average molecular weight is 497 g/mol. The summed E-state index contributed by atoms with van der Waals surface area (Å²) in [5.41, 5.74) is 0. The van der Waals surface area contributed by atoms with Crippen molar-refractivity contribution in [2.24, 2.45) is 0 Å². The first-order valence-corrected chi connectivity index (χ1v) is 15.5. The molecule has 0 saturated heterocycles. The molecule has 0 aliphatic carbocycles. The highest BCUT2D eigenvalue weighted by Crippen LogP contribution is 2.14. The zero-order valence-electron chi connectivity index (χ0n) is 23.7. The Kier molecular flexibility index (Phi) is 28.3. The summed E-state index contributed by atoms with van der Waals surface area (Å²) >= 11 is 0. The van der Waals surface area contributed by atoms with Crippen molar-refractivity contribution >= 4 is 11.9 Å². The largest absolute Gasteiger partial charge is 0.466 e. The van der Waals surface area contributed by atoms with E-state index in [1.165, 1.54) is 103 Å². The number of unbranched alkanes of at least 4 members (excludes halogenated alkanes) is 20. The lowest BCUT2D eigenvalue weighted by Crippen LogP contribution is -2.07. The van der Waals surface area contributed by atoms with Crippen molar-refractivity contribution in [3.63, 3.8) is 0 Å². The number of hydrogen-bond donors (Lipinski definition) is 0. The fourth-order valence-corrected chi connectivity index (χ4v) is 4.41. The average Bonchev–Trinajstić information content (AvgIpc) is 2.85. The molecule has 0 heterocycles. The van der Waals surface area contributed by atoms with Crippen LogP contribution in [0.1, 0.15) is 174 Å². The Hall–Kier alpha value is -1.06. The summed E-state index contributed by atoms with van der Waals surface area (Å²) in [5.74, 6) is -0.197. The molecule has 0 spiro atoms. The maximum absolute atomic E-state index is 11.8. The van der Waals surface area contributed by atoms with E-state index in [1.54, 1.807) is 0 Å². The molecule has 4 heteroatoms. The predicted octanol–water partition coefficient (Wildman–Crippen LogP) is 9.87.